The van der Waals surface area contributed by atoms with Crippen LogP contribution in [0, 0.1) is 5.92 Å². The maximum absolute atomic E-state index is 10.5. The molecule has 0 bridgehead atoms. The third-order valence-electron chi connectivity index (χ3n) is 2.99. The fourth-order valence-corrected chi connectivity index (χ4v) is 2.12. The van der Waals surface area contributed by atoms with Crippen LogP contribution in [0.2, 0.25) is 0 Å². The van der Waals surface area contributed by atoms with Crippen molar-refractivity contribution in [2.45, 2.75) is 50.7 Å². The lowest BCUT2D eigenvalue weighted by molar-refractivity contribution is -0.147. The van der Waals surface area contributed by atoms with Crippen LogP contribution >= 0.6 is 12.4 Å². The van der Waals surface area contributed by atoms with E-state index in [1.54, 1.807) is 0 Å². The van der Waals surface area contributed by atoms with Crippen LogP contribution in [0.4, 0.5) is 0 Å². The Bertz CT molecular complexity index is 195. The van der Waals surface area contributed by atoms with Crippen LogP contribution in [0.1, 0.15) is 38.5 Å². The van der Waals surface area contributed by atoms with Gasteiger partial charge in [0.15, 0.2) is 6.10 Å². The van der Waals surface area contributed by atoms with E-state index in [2.05, 4.69) is 0 Å². The zero-order valence-corrected chi connectivity index (χ0v) is 9.58. The summed E-state index contributed by atoms with van der Waals surface area (Å²) in [5.74, 6) is -0.707. The highest BCUT2D eigenvalue weighted by atomic mass is 35.5. The van der Waals surface area contributed by atoms with E-state index in [0.29, 0.717) is 12.3 Å². The van der Waals surface area contributed by atoms with Crippen LogP contribution in [-0.4, -0.2) is 28.3 Å². The Morgan fingerprint density at radius 1 is 1.33 bits per heavy atom. The summed E-state index contributed by atoms with van der Waals surface area (Å²) < 4.78 is 0. The average molecular weight is 238 g/mol. The fraction of sp³-hybridized carbons (Fsp3) is 0.900. The van der Waals surface area contributed by atoms with Gasteiger partial charge in [-0.3, -0.25) is 0 Å². The minimum atomic E-state index is -1.41. The van der Waals surface area contributed by atoms with Crippen LogP contribution < -0.4 is 5.73 Å². The van der Waals surface area contributed by atoms with Crippen molar-refractivity contribution in [2.24, 2.45) is 11.7 Å². The predicted molar refractivity (Wildman–Crippen MR) is 60.1 cm³/mol. The monoisotopic (exact) mass is 237 g/mol. The Morgan fingerprint density at radius 3 is 2.33 bits per heavy atom. The van der Waals surface area contributed by atoms with E-state index in [1.165, 1.54) is 19.3 Å². The van der Waals surface area contributed by atoms with Gasteiger partial charge in [-0.25, -0.2) is 4.79 Å². The highest BCUT2D eigenvalue weighted by molar-refractivity contribution is 5.85. The van der Waals surface area contributed by atoms with Crippen LogP contribution in [0.3, 0.4) is 0 Å². The highest BCUT2D eigenvalue weighted by Crippen LogP contribution is 2.27. The molecule has 5 heteroatoms. The van der Waals surface area contributed by atoms with Gasteiger partial charge >= 0.3 is 5.97 Å². The summed E-state index contributed by atoms with van der Waals surface area (Å²) in [5.41, 5.74) is 5.62. The van der Waals surface area contributed by atoms with E-state index < -0.39 is 18.1 Å². The van der Waals surface area contributed by atoms with Gasteiger partial charge in [-0.05, 0) is 12.3 Å². The van der Waals surface area contributed by atoms with Gasteiger partial charge in [0, 0.05) is 6.04 Å². The molecular weight excluding hydrogens is 218 g/mol. The number of carboxylic acids is 1. The van der Waals surface area contributed by atoms with Gasteiger partial charge in [0.2, 0.25) is 0 Å². The number of carboxylic acid groups (broad SMARTS) is 1. The van der Waals surface area contributed by atoms with Crippen molar-refractivity contribution < 1.29 is 15.0 Å². The van der Waals surface area contributed by atoms with Crippen LogP contribution in [0.5, 0.6) is 0 Å². The van der Waals surface area contributed by atoms with Gasteiger partial charge in [0.25, 0.3) is 0 Å². The largest absolute Gasteiger partial charge is 0.479 e. The third-order valence-corrected chi connectivity index (χ3v) is 2.99. The number of hydrogen-bond donors (Lipinski definition) is 3. The van der Waals surface area contributed by atoms with Crippen molar-refractivity contribution >= 4 is 18.4 Å². The summed E-state index contributed by atoms with van der Waals surface area (Å²) in [7, 11) is 0. The van der Waals surface area contributed by atoms with E-state index in [4.69, 9.17) is 10.8 Å². The molecule has 0 saturated heterocycles. The first-order chi connectivity index (χ1) is 6.61. The molecule has 0 aromatic rings. The topological polar surface area (TPSA) is 83.5 Å². The van der Waals surface area contributed by atoms with E-state index in [-0.39, 0.29) is 12.4 Å². The van der Waals surface area contributed by atoms with Gasteiger partial charge in [-0.2, -0.15) is 0 Å². The van der Waals surface area contributed by atoms with Gasteiger partial charge < -0.3 is 15.9 Å². The van der Waals surface area contributed by atoms with Crippen molar-refractivity contribution in [3.8, 4) is 0 Å². The molecule has 1 aliphatic rings. The maximum Gasteiger partial charge on any atom is 0.334 e. The Balaban J connectivity index is 0.00000196. The van der Waals surface area contributed by atoms with Gasteiger partial charge in [0.05, 0.1) is 0 Å². The van der Waals surface area contributed by atoms with Crippen LogP contribution in [0.15, 0.2) is 0 Å². The minimum Gasteiger partial charge on any atom is -0.479 e. The van der Waals surface area contributed by atoms with Crippen molar-refractivity contribution in [1.29, 1.82) is 0 Å². The van der Waals surface area contributed by atoms with Crippen LogP contribution in [0.25, 0.3) is 0 Å². The average Bonchev–Trinajstić information content (AvgIpc) is 2.18. The molecule has 0 aliphatic heterocycles. The summed E-state index contributed by atoms with van der Waals surface area (Å²) in [6.07, 6.45) is 5.17. The first-order valence-corrected chi connectivity index (χ1v) is 5.27. The van der Waals surface area contributed by atoms with Gasteiger partial charge in [-0.1, -0.05) is 32.1 Å². The molecule has 0 spiro atoms. The second-order valence-electron chi connectivity index (χ2n) is 4.19. The SMILES string of the molecule is Cl.N[C@@H](CC1CCCCC1)[C@@H](O)C(=O)O. The summed E-state index contributed by atoms with van der Waals surface area (Å²) in [6.45, 7) is 0. The van der Waals surface area contributed by atoms with Crippen molar-refractivity contribution in [1.82, 2.24) is 0 Å². The molecule has 0 heterocycles. The molecule has 15 heavy (non-hydrogen) atoms. The first kappa shape index (κ1) is 14.7. The lowest BCUT2D eigenvalue weighted by Gasteiger charge is -2.25. The number of carbonyl (C=O) groups is 1. The maximum atomic E-state index is 10.5. The molecule has 0 radical (unpaired) electrons. The molecule has 1 fully saturated rings. The van der Waals surface area contributed by atoms with Gasteiger partial charge in [0.1, 0.15) is 0 Å². The molecule has 2 atom stereocenters. The minimum absolute atomic E-state index is 0. The van der Waals surface area contributed by atoms with E-state index >= 15 is 0 Å². The smallest absolute Gasteiger partial charge is 0.334 e. The molecular formula is C10H20ClNO3. The van der Waals surface area contributed by atoms with Crippen LogP contribution in [-0.2, 0) is 4.79 Å². The fourth-order valence-electron chi connectivity index (χ4n) is 2.12. The third kappa shape index (κ3) is 4.82. The molecule has 4 nitrogen and oxygen atoms in total. The first-order valence-electron chi connectivity index (χ1n) is 5.27. The summed E-state index contributed by atoms with van der Waals surface area (Å²) in [5, 5.41) is 17.8. The second kappa shape index (κ2) is 7.04. The Morgan fingerprint density at radius 2 is 1.87 bits per heavy atom. The summed E-state index contributed by atoms with van der Waals surface area (Å²) in [6, 6.07) is -0.615. The molecule has 1 saturated carbocycles. The molecule has 0 aromatic heterocycles. The van der Waals surface area contributed by atoms with Gasteiger partial charge in [-0.15, -0.1) is 12.4 Å². The Kier molecular flexibility index (Phi) is 6.89. The Labute approximate surface area is 96.3 Å². The van der Waals surface area contributed by atoms with E-state index in [1.807, 2.05) is 0 Å². The van der Waals surface area contributed by atoms with Crippen molar-refractivity contribution in [2.75, 3.05) is 0 Å². The lowest BCUT2D eigenvalue weighted by Crippen LogP contribution is -2.41. The highest BCUT2D eigenvalue weighted by Gasteiger charge is 2.25. The number of aliphatic carboxylic acids is 1. The Hall–Kier alpha value is -0.320. The molecule has 90 valence electrons. The van der Waals surface area contributed by atoms with Crippen molar-refractivity contribution in [3.05, 3.63) is 0 Å². The number of nitrogens with two attached hydrogens (primary N) is 1. The number of rotatable bonds is 4. The molecule has 1 aliphatic carbocycles. The summed E-state index contributed by atoms with van der Waals surface area (Å²) in [4.78, 5) is 10.5. The molecule has 0 aromatic carbocycles. The lowest BCUT2D eigenvalue weighted by atomic mass is 9.84. The number of aliphatic hydroxyl groups is 1. The standard InChI is InChI=1S/C10H19NO3.ClH/c11-8(9(12)10(13)14)6-7-4-2-1-3-5-7;/h7-9,12H,1-6,11H2,(H,13,14);1H/t8-,9+;/m0./s1. The van der Waals surface area contributed by atoms with E-state index in [0.717, 1.165) is 12.8 Å². The van der Waals surface area contributed by atoms with Crippen molar-refractivity contribution in [3.63, 3.8) is 0 Å². The predicted octanol–water partition coefficient (Wildman–Crippen LogP) is 1.15. The molecule has 1 rings (SSSR count). The zero-order chi connectivity index (χ0) is 10.6. The molecule has 0 unspecified atom stereocenters. The summed E-state index contributed by atoms with van der Waals surface area (Å²) >= 11 is 0. The normalized spacial score (nSPS) is 21.5. The molecule has 4 N–H and O–H groups in total. The molecule has 0 amide bonds. The number of aliphatic hydroxyl groups excluding tert-OH is 1. The number of halogens is 1. The second-order valence-corrected chi connectivity index (χ2v) is 4.19. The quantitative estimate of drug-likeness (QED) is 0.685. The van der Waals surface area contributed by atoms with E-state index in [9.17, 15) is 9.90 Å². The number of hydrogen-bond acceptors (Lipinski definition) is 3. The zero-order valence-electron chi connectivity index (χ0n) is 8.76.